The zero-order chi connectivity index (χ0) is 23.9. The summed E-state index contributed by atoms with van der Waals surface area (Å²) in [4.78, 5) is 36.2. The van der Waals surface area contributed by atoms with Crippen molar-refractivity contribution in [2.45, 2.75) is 0 Å². The van der Waals surface area contributed by atoms with Crippen LogP contribution in [0.4, 0.5) is 19.3 Å². The van der Waals surface area contributed by atoms with Gasteiger partial charge in [0, 0.05) is 64.2 Å². The first-order valence-corrected chi connectivity index (χ1v) is 10.4. The Hall–Kier alpha value is -3.71. The first-order valence-electron chi connectivity index (χ1n) is 10.0. The lowest BCUT2D eigenvalue weighted by Crippen LogP contribution is -2.51. The van der Waals surface area contributed by atoms with Crippen molar-refractivity contribution in [2.75, 3.05) is 45.2 Å². The lowest BCUT2D eigenvalue weighted by Gasteiger charge is -2.37. The van der Waals surface area contributed by atoms with E-state index in [4.69, 9.17) is 16.9 Å². The fourth-order valence-corrected chi connectivity index (χ4v) is 4.08. The molecule has 1 aliphatic heterocycles. The van der Waals surface area contributed by atoms with E-state index in [0.717, 1.165) is 12.1 Å². The summed E-state index contributed by atoms with van der Waals surface area (Å²) < 4.78 is 30.5. The molecule has 0 radical (unpaired) electrons. The molecule has 1 aromatic carbocycles. The average Bonchev–Trinajstić information content (AvgIpc) is 2.78. The standard InChI is InChI=1S/C22H19ClF2N6O2/c1-29(2)22(33)31-5-3-30(4-6-31)21-15(24)8-17-19(20(21)25)18(32)9-16(28-17)13-7-12(10-26)27-11-14(13)23/h7-9,11H,3-6H2,1-2H3,(H,28,32). The van der Waals surface area contributed by atoms with E-state index in [9.17, 15) is 9.59 Å². The fraction of sp³-hybridized carbons (Fsp3) is 0.273. The van der Waals surface area contributed by atoms with E-state index >= 15 is 8.78 Å². The number of fused-ring (bicyclic) bond motifs is 1. The van der Waals surface area contributed by atoms with Crippen LogP contribution in [0.5, 0.6) is 0 Å². The largest absolute Gasteiger partial charge is 0.363 e. The van der Waals surface area contributed by atoms with Crippen LogP contribution in [-0.2, 0) is 0 Å². The van der Waals surface area contributed by atoms with Gasteiger partial charge in [-0.2, -0.15) is 5.26 Å². The third-order valence-corrected chi connectivity index (χ3v) is 5.80. The zero-order valence-electron chi connectivity index (χ0n) is 17.8. The minimum absolute atomic E-state index is 0.0379. The molecule has 0 aliphatic carbocycles. The van der Waals surface area contributed by atoms with Crippen molar-refractivity contribution in [1.82, 2.24) is 19.8 Å². The third kappa shape index (κ3) is 4.07. The Labute approximate surface area is 192 Å². The van der Waals surface area contributed by atoms with Crippen molar-refractivity contribution in [3.63, 3.8) is 0 Å². The number of aromatic nitrogens is 2. The Balaban J connectivity index is 1.74. The van der Waals surface area contributed by atoms with Gasteiger partial charge in [0.25, 0.3) is 0 Å². The normalized spacial score (nSPS) is 13.8. The summed E-state index contributed by atoms with van der Waals surface area (Å²) in [6.07, 6.45) is 1.27. The van der Waals surface area contributed by atoms with Gasteiger partial charge >= 0.3 is 6.03 Å². The molecule has 1 N–H and O–H groups in total. The van der Waals surface area contributed by atoms with Crippen molar-refractivity contribution < 1.29 is 13.6 Å². The number of benzene rings is 1. The molecule has 0 unspecified atom stereocenters. The number of amides is 2. The van der Waals surface area contributed by atoms with Crippen LogP contribution < -0.4 is 10.3 Å². The second-order valence-corrected chi connectivity index (χ2v) is 8.21. The molecule has 1 aliphatic rings. The number of halogens is 3. The molecule has 3 aromatic rings. The SMILES string of the molecule is CN(C)C(=O)N1CCN(c2c(F)cc3[nH]c(-c4cc(C#N)ncc4Cl)cc(=O)c3c2F)CC1. The predicted octanol–water partition coefficient (Wildman–Crippen LogP) is 3.20. The topological polar surface area (TPSA) is 96.3 Å². The lowest BCUT2D eigenvalue weighted by atomic mass is 10.1. The summed E-state index contributed by atoms with van der Waals surface area (Å²) in [6, 6.07) is 5.31. The zero-order valence-corrected chi connectivity index (χ0v) is 18.6. The highest BCUT2D eigenvalue weighted by atomic mass is 35.5. The summed E-state index contributed by atoms with van der Waals surface area (Å²) in [6.45, 7) is 1.03. The van der Waals surface area contributed by atoms with Gasteiger partial charge in [-0.05, 0) is 6.07 Å². The van der Waals surface area contributed by atoms with E-state index in [0.29, 0.717) is 18.7 Å². The number of pyridine rings is 2. The molecule has 33 heavy (non-hydrogen) atoms. The Morgan fingerprint density at radius 2 is 1.91 bits per heavy atom. The number of nitrogens with one attached hydrogen (secondary N) is 1. The van der Waals surface area contributed by atoms with Crippen LogP contribution in [0.25, 0.3) is 22.2 Å². The van der Waals surface area contributed by atoms with E-state index in [1.807, 2.05) is 6.07 Å². The van der Waals surface area contributed by atoms with Crippen LogP contribution in [0, 0.1) is 23.0 Å². The van der Waals surface area contributed by atoms with Gasteiger partial charge in [0.15, 0.2) is 17.1 Å². The third-order valence-electron chi connectivity index (χ3n) is 5.49. The summed E-state index contributed by atoms with van der Waals surface area (Å²) in [7, 11) is 3.27. The van der Waals surface area contributed by atoms with Crippen LogP contribution in [0.3, 0.4) is 0 Å². The first kappa shape index (κ1) is 22.5. The highest BCUT2D eigenvalue weighted by Gasteiger charge is 2.27. The Morgan fingerprint density at radius 1 is 1.21 bits per heavy atom. The van der Waals surface area contributed by atoms with Crippen molar-refractivity contribution in [3.8, 4) is 17.3 Å². The summed E-state index contributed by atoms with van der Waals surface area (Å²) in [5.74, 6) is -1.80. The molecule has 2 aromatic heterocycles. The van der Waals surface area contributed by atoms with Crippen LogP contribution in [0.2, 0.25) is 5.02 Å². The number of aromatic amines is 1. The van der Waals surface area contributed by atoms with Gasteiger partial charge in [0.05, 0.1) is 21.6 Å². The average molecular weight is 473 g/mol. The fourth-order valence-electron chi connectivity index (χ4n) is 3.88. The number of nitriles is 1. The monoisotopic (exact) mass is 472 g/mol. The van der Waals surface area contributed by atoms with Crippen LogP contribution in [0.15, 0.2) is 29.2 Å². The Morgan fingerprint density at radius 3 is 2.55 bits per heavy atom. The molecule has 0 saturated carbocycles. The molecule has 8 nitrogen and oxygen atoms in total. The van der Waals surface area contributed by atoms with E-state index in [1.54, 1.807) is 19.0 Å². The second-order valence-electron chi connectivity index (χ2n) is 7.80. The predicted molar refractivity (Wildman–Crippen MR) is 120 cm³/mol. The van der Waals surface area contributed by atoms with Gasteiger partial charge < -0.3 is 19.7 Å². The number of carbonyl (C=O) groups is 1. The summed E-state index contributed by atoms with van der Waals surface area (Å²) in [5, 5.41) is 8.96. The smallest absolute Gasteiger partial charge is 0.319 e. The summed E-state index contributed by atoms with van der Waals surface area (Å²) in [5.41, 5.74) is -0.400. The Bertz CT molecular complexity index is 1360. The molecular weight excluding hydrogens is 454 g/mol. The minimum atomic E-state index is -0.969. The molecule has 170 valence electrons. The van der Waals surface area contributed by atoms with Gasteiger partial charge in [-0.1, -0.05) is 11.6 Å². The molecule has 1 saturated heterocycles. The van der Waals surface area contributed by atoms with E-state index in [1.165, 1.54) is 22.1 Å². The summed E-state index contributed by atoms with van der Waals surface area (Å²) >= 11 is 6.15. The van der Waals surface area contributed by atoms with Crippen LogP contribution in [0.1, 0.15) is 5.69 Å². The number of rotatable bonds is 2. The maximum Gasteiger partial charge on any atom is 0.319 e. The van der Waals surface area contributed by atoms with Gasteiger partial charge in [-0.25, -0.2) is 18.6 Å². The van der Waals surface area contributed by atoms with Gasteiger partial charge in [-0.15, -0.1) is 0 Å². The lowest BCUT2D eigenvalue weighted by molar-refractivity contribution is 0.167. The molecule has 4 rings (SSSR count). The quantitative estimate of drug-likeness (QED) is 0.618. The molecule has 0 bridgehead atoms. The van der Waals surface area contributed by atoms with Gasteiger partial charge in [-0.3, -0.25) is 4.79 Å². The highest BCUT2D eigenvalue weighted by Crippen LogP contribution is 2.32. The second kappa shape index (κ2) is 8.67. The molecule has 11 heteroatoms. The Kier molecular flexibility index (Phi) is 5.91. The van der Waals surface area contributed by atoms with Crippen molar-refractivity contribution in [2.24, 2.45) is 0 Å². The molecule has 2 amide bonds. The number of hydrogen-bond acceptors (Lipinski definition) is 5. The maximum atomic E-state index is 15.4. The van der Waals surface area contributed by atoms with Gasteiger partial charge in [0.1, 0.15) is 17.5 Å². The van der Waals surface area contributed by atoms with Crippen LogP contribution >= 0.6 is 11.6 Å². The minimum Gasteiger partial charge on any atom is -0.363 e. The van der Waals surface area contributed by atoms with Crippen molar-refractivity contribution >= 4 is 34.2 Å². The number of nitrogens with zero attached hydrogens (tertiary/aromatic N) is 5. The maximum absolute atomic E-state index is 15.4. The van der Waals surface area contributed by atoms with E-state index < -0.39 is 17.1 Å². The number of urea groups is 1. The molecule has 1 fully saturated rings. The number of piperazine rings is 1. The highest BCUT2D eigenvalue weighted by molar-refractivity contribution is 6.33. The molecule has 3 heterocycles. The number of hydrogen-bond donors (Lipinski definition) is 1. The van der Waals surface area contributed by atoms with Crippen molar-refractivity contribution in [3.05, 3.63) is 57.0 Å². The van der Waals surface area contributed by atoms with Crippen molar-refractivity contribution in [1.29, 1.82) is 5.26 Å². The molecule has 0 spiro atoms. The number of carbonyl (C=O) groups excluding carboxylic acids is 1. The van der Waals surface area contributed by atoms with E-state index in [2.05, 4.69) is 9.97 Å². The van der Waals surface area contributed by atoms with Gasteiger partial charge in [0.2, 0.25) is 0 Å². The molecule has 0 atom stereocenters. The number of H-pyrrole nitrogens is 1. The molecular formula is C22H19ClF2N6O2. The van der Waals surface area contributed by atoms with Crippen LogP contribution in [-0.4, -0.2) is 66.1 Å². The first-order chi connectivity index (χ1) is 15.7. The number of anilines is 1. The van der Waals surface area contributed by atoms with E-state index in [-0.39, 0.29) is 52.1 Å².